The Kier molecular flexibility index (Phi) is 4.13. The monoisotopic (exact) mass is 318 g/mol. The second-order valence-electron chi connectivity index (χ2n) is 4.24. The average molecular weight is 319 g/mol. The van der Waals surface area contributed by atoms with Crippen molar-refractivity contribution < 1.29 is 9.52 Å². The molecule has 0 radical (unpaired) electrons. The maximum Gasteiger partial charge on any atom is 0.249 e. The zero-order valence-electron chi connectivity index (χ0n) is 10.9. The summed E-state index contributed by atoms with van der Waals surface area (Å²) >= 11 is 7.53. The number of benzene rings is 2. The van der Waals surface area contributed by atoms with Crippen LogP contribution in [-0.2, 0) is 5.75 Å². The first kappa shape index (κ1) is 14.0. The second-order valence-corrected chi connectivity index (χ2v) is 5.66. The number of halogens is 1. The first-order valence-electron chi connectivity index (χ1n) is 6.22. The van der Waals surface area contributed by atoms with Crippen LogP contribution in [0.5, 0.6) is 5.75 Å². The molecule has 6 heteroatoms. The Morgan fingerprint density at radius 1 is 1.05 bits per heavy atom. The molecule has 0 saturated carbocycles. The molecule has 0 spiro atoms. The zero-order chi connectivity index (χ0) is 14.7. The van der Waals surface area contributed by atoms with E-state index in [0.29, 0.717) is 28.1 Å². The fourth-order valence-electron chi connectivity index (χ4n) is 1.77. The third-order valence-corrected chi connectivity index (χ3v) is 4.16. The van der Waals surface area contributed by atoms with Gasteiger partial charge >= 0.3 is 0 Å². The van der Waals surface area contributed by atoms with E-state index in [9.17, 15) is 5.11 Å². The van der Waals surface area contributed by atoms with Crippen LogP contribution in [0.25, 0.3) is 11.5 Å². The van der Waals surface area contributed by atoms with Crippen molar-refractivity contribution in [3.8, 4) is 17.2 Å². The van der Waals surface area contributed by atoms with E-state index < -0.39 is 0 Å². The molecule has 1 N–H and O–H groups in total. The lowest BCUT2D eigenvalue weighted by Gasteiger charge is -2.01. The van der Waals surface area contributed by atoms with Gasteiger partial charge in [0.15, 0.2) is 0 Å². The van der Waals surface area contributed by atoms with Gasteiger partial charge in [-0.1, -0.05) is 35.9 Å². The number of rotatable bonds is 4. The summed E-state index contributed by atoms with van der Waals surface area (Å²) in [5.74, 6) is 1.61. The molecule has 1 aromatic heterocycles. The number of phenolic OH excluding ortho intramolecular Hbond substituents is 1. The Labute approximate surface area is 130 Å². The highest BCUT2D eigenvalue weighted by Gasteiger charge is 2.12. The summed E-state index contributed by atoms with van der Waals surface area (Å²) in [6.45, 7) is 0. The molecule has 0 atom stereocenters. The molecule has 1 heterocycles. The molecule has 4 nitrogen and oxygen atoms in total. The number of thioether (sulfide) groups is 1. The van der Waals surface area contributed by atoms with E-state index >= 15 is 0 Å². The highest BCUT2D eigenvalue weighted by Crippen LogP contribution is 2.31. The first-order chi connectivity index (χ1) is 10.2. The Morgan fingerprint density at radius 2 is 1.81 bits per heavy atom. The Bertz CT molecular complexity index is 761. The summed E-state index contributed by atoms with van der Waals surface area (Å²) < 4.78 is 5.60. The van der Waals surface area contributed by atoms with Crippen molar-refractivity contribution in [1.82, 2.24) is 10.2 Å². The molecule has 0 saturated heterocycles. The predicted octanol–water partition coefficient (Wildman–Crippen LogP) is 4.39. The lowest BCUT2D eigenvalue weighted by molar-refractivity contribution is 0.462. The van der Waals surface area contributed by atoms with E-state index in [1.54, 1.807) is 18.2 Å². The number of phenols is 1. The Morgan fingerprint density at radius 3 is 2.62 bits per heavy atom. The van der Waals surface area contributed by atoms with Gasteiger partial charge in [0, 0.05) is 4.90 Å². The standard InChI is InChI=1S/C15H11ClN2O2S/c16-11-6-2-1-5-10(11)15-18-17-14(20-15)9-21-13-8-4-3-7-12(13)19/h1-8,19H,9H2. The quantitative estimate of drug-likeness (QED) is 0.723. The van der Waals surface area contributed by atoms with Gasteiger partial charge in [0.05, 0.1) is 16.3 Å². The number of para-hydroxylation sites is 1. The van der Waals surface area contributed by atoms with Crippen LogP contribution in [0.3, 0.4) is 0 Å². The first-order valence-corrected chi connectivity index (χ1v) is 7.58. The van der Waals surface area contributed by atoms with E-state index in [1.165, 1.54) is 11.8 Å². The summed E-state index contributed by atoms with van der Waals surface area (Å²) in [4.78, 5) is 0.773. The minimum Gasteiger partial charge on any atom is -0.507 e. The van der Waals surface area contributed by atoms with Crippen molar-refractivity contribution in [2.24, 2.45) is 0 Å². The molecule has 0 aliphatic rings. The largest absolute Gasteiger partial charge is 0.507 e. The second kappa shape index (κ2) is 6.20. The number of aromatic nitrogens is 2. The molecule has 0 bridgehead atoms. The van der Waals surface area contributed by atoms with Crippen molar-refractivity contribution in [2.75, 3.05) is 0 Å². The SMILES string of the molecule is Oc1ccccc1SCc1nnc(-c2ccccc2Cl)o1. The summed E-state index contributed by atoms with van der Waals surface area (Å²) in [5, 5.41) is 18.3. The predicted molar refractivity (Wildman–Crippen MR) is 82.4 cm³/mol. The number of hydrogen-bond acceptors (Lipinski definition) is 5. The van der Waals surface area contributed by atoms with Gasteiger partial charge in [-0.25, -0.2) is 0 Å². The molecule has 106 valence electrons. The molecule has 3 rings (SSSR count). The van der Waals surface area contributed by atoms with Crippen molar-refractivity contribution in [3.63, 3.8) is 0 Å². The molecule has 0 aliphatic carbocycles. The molecule has 21 heavy (non-hydrogen) atoms. The normalized spacial score (nSPS) is 10.7. The highest BCUT2D eigenvalue weighted by molar-refractivity contribution is 7.98. The van der Waals surface area contributed by atoms with Crippen molar-refractivity contribution in [1.29, 1.82) is 0 Å². The number of aromatic hydroxyl groups is 1. The Balaban J connectivity index is 1.74. The zero-order valence-corrected chi connectivity index (χ0v) is 12.4. The van der Waals surface area contributed by atoms with Gasteiger partial charge in [-0.15, -0.1) is 22.0 Å². The van der Waals surface area contributed by atoms with E-state index in [0.717, 1.165) is 4.90 Å². The number of hydrogen-bond donors (Lipinski definition) is 1. The third kappa shape index (κ3) is 3.20. The van der Waals surface area contributed by atoms with Crippen LogP contribution in [0.15, 0.2) is 57.8 Å². The summed E-state index contributed by atoms with van der Waals surface area (Å²) in [6.07, 6.45) is 0. The molecule has 0 fully saturated rings. The molecule has 0 amide bonds. The summed E-state index contributed by atoms with van der Waals surface area (Å²) in [7, 11) is 0. The molecule has 3 aromatic rings. The van der Waals surface area contributed by atoms with Gasteiger partial charge in [-0.05, 0) is 24.3 Å². The molecule has 0 aliphatic heterocycles. The fraction of sp³-hybridized carbons (Fsp3) is 0.0667. The van der Waals surface area contributed by atoms with Crippen LogP contribution in [0.1, 0.15) is 5.89 Å². The van der Waals surface area contributed by atoms with Crippen LogP contribution < -0.4 is 0 Å². The van der Waals surface area contributed by atoms with Gasteiger partial charge in [0.2, 0.25) is 11.8 Å². The Hall–Kier alpha value is -1.98. The molecular formula is C15H11ClN2O2S. The van der Waals surface area contributed by atoms with E-state index in [1.807, 2.05) is 30.3 Å². The summed E-state index contributed by atoms with van der Waals surface area (Å²) in [6, 6.07) is 14.4. The maximum absolute atomic E-state index is 9.70. The smallest absolute Gasteiger partial charge is 0.249 e. The fourth-order valence-corrected chi connectivity index (χ4v) is 2.78. The van der Waals surface area contributed by atoms with E-state index in [-0.39, 0.29) is 5.75 Å². The average Bonchev–Trinajstić information content (AvgIpc) is 2.96. The topological polar surface area (TPSA) is 59.2 Å². The van der Waals surface area contributed by atoms with E-state index in [4.69, 9.17) is 16.0 Å². The van der Waals surface area contributed by atoms with Crippen molar-refractivity contribution >= 4 is 23.4 Å². The van der Waals surface area contributed by atoms with Gasteiger partial charge in [0.25, 0.3) is 0 Å². The van der Waals surface area contributed by atoms with Gasteiger partial charge < -0.3 is 9.52 Å². The minimum atomic E-state index is 0.244. The van der Waals surface area contributed by atoms with Gasteiger partial charge in [0.1, 0.15) is 5.75 Å². The van der Waals surface area contributed by atoms with E-state index in [2.05, 4.69) is 10.2 Å². The molecule has 2 aromatic carbocycles. The highest BCUT2D eigenvalue weighted by atomic mass is 35.5. The van der Waals surface area contributed by atoms with Gasteiger partial charge in [-0.2, -0.15) is 0 Å². The number of nitrogens with zero attached hydrogens (tertiary/aromatic N) is 2. The molecular weight excluding hydrogens is 308 g/mol. The maximum atomic E-state index is 9.70. The van der Waals surface area contributed by atoms with Crippen LogP contribution in [0.4, 0.5) is 0 Å². The van der Waals surface area contributed by atoms with Crippen LogP contribution in [0, 0.1) is 0 Å². The van der Waals surface area contributed by atoms with Crippen molar-refractivity contribution in [2.45, 2.75) is 10.6 Å². The third-order valence-electron chi connectivity index (χ3n) is 2.79. The van der Waals surface area contributed by atoms with Crippen LogP contribution in [0.2, 0.25) is 5.02 Å². The van der Waals surface area contributed by atoms with Gasteiger partial charge in [-0.3, -0.25) is 0 Å². The van der Waals surface area contributed by atoms with Crippen LogP contribution >= 0.6 is 23.4 Å². The van der Waals surface area contributed by atoms with Crippen molar-refractivity contribution in [3.05, 3.63) is 59.4 Å². The molecule has 0 unspecified atom stereocenters. The lowest BCUT2D eigenvalue weighted by atomic mass is 10.2. The van der Waals surface area contributed by atoms with Crippen LogP contribution in [-0.4, -0.2) is 15.3 Å². The summed E-state index contributed by atoms with van der Waals surface area (Å²) in [5.41, 5.74) is 0.713. The lowest BCUT2D eigenvalue weighted by Crippen LogP contribution is -1.80. The minimum absolute atomic E-state index is 0.244.